The van der Waals surface area contributed by atoms with E-state index in [1.807, 2.05) is 0 Å². The first kappa shape index (κ1) is 9.40. The first-order chi connectivity index (χ1) is 6.66. The third-order valence-electron chi connectivity index (χ3n) is 2.22. The molecule has 1 heterocycles. The summed E-state index contributed by atoms with van der Waals surface area (Å²) >= 11 is 1.51. The van der Waals surface area contributed by atoms with Crippen molar-refractivity contribution in [3.63, 3.8) is 0 Å². The molecule has 0 radical (unpaired) electrons. The standard InChI is InChI=1S/C10H11NO2S/c1-6(12)11-10-5-7-8(13)3-2-4-9(7)14-10/h5H,2-4H2,1H3,(H,11,12). The summed E-state index contributed by atoms with van der Waals surface area (Å²) in [5, 5.41) is 3.50. The Morgan fingerprint density at radius 3 is 2.93 bits per heavy atom. The molecule has 0 unspecified atom stereocenters. The van der Waals surface area contributed by atoms with Gasteiger partial charge in [0, 0.05) is 23.8 Å². The molecule has 3 nitrogen and oxygen atoms in total. The summed E-state index contributed by atoms with van der Waals surface area (Å²) < 4.78 is 0. The van der Waals surface area contributed by atoms with Gasteiger partial charge >= 0.3 is 0 Å². The van der Waals surface area contributed by atoms with Crippen molar-refractivity contribution in [3.8, 4) is 0 Å². The highest BCUT2D eigenvalue weighted by molar-refractivity contribution is 7.16. The Balaban J connectivity index is 2.30. The molecule has 0 fully saturated rings. The van der Waals surface area contributed by atoms with E-state index >= 15 is 0 Å². The van der Waals surface area contributed by atoms with E-state index in [0.29, 0.717) is 6.42 Å². The fraction of sp³-hybridized carbons (Fsp3) is 0.400. The van der Waals surface area contributed by atoms with Crippen molar-refractivity contribution in [2.75, 3.05) is 5.32 Å². The summed E-state index contributed by atoms with van der Waals surface area (Å²) in [4.78, 5) is 23.4. The quantitative estimate of drug-likeness (QED) is 0.770. The largest absolute Gasteiger partial charge is 0.318 e. The molecule has 1 aliphatic rings. The predicted octanol–water partition coefficient (Wildman–Crippen LogP) is 2.23. The summed E-state index contributed by atoms with van der Waals surface area (Å²) in [5.41, 5.74) is 0.810. The van der Waals surface area contributed by atoms with E-state index < -0.39 is 0 Å². The zero-order valence-electron chi connectivity index (χ0n) is 7.92. The van der Waals surface area contributed by atoms with Gasteiger partial charge in [-0.1, -0.05) is 0 Å². The van der Waals surface area contributed by atoms with Gasteiger partial charge in [-0.25, -0.2) is 0 Å². The molecule has 74 valence electrons. The van der Waals surface area contributed by atoms with Crippen LogP contribution < -0.4 is 5.32 Å². The fourth-order valence-corrected chi connectivity index (χ4v) is 2.80. The van der Waals surface area contributed by atoms with Crippen LogP contribution in [0.4, 0.5) is 5.00 Å². The highest BCUT2D eigenvalue weighted by atomic mass is 32.1. The fourth-order valence-electron chi connectivity index (χ4n) is 1.63. The van der Waals surface area contributed by atoms with E-state index in [-0.39, 0.29) is 11.7 Å². The number of rotatable bonds is 1. The maximum absolute atomic E-state index is 11.5. The predicted molar refractivity (Wildman–Crippen MR) is 55.9 cm³/mol. The second-order valence-electron chi connectivity index (χ2n) is 3.41. The van der Waals surface area contributed by atoms with Crippen LogP contribution in [-0.2, 0) is 11.2 Å². The van der Waals surface area contributed by atoms with Gasteiger partial charge in [-0.15, -0.1) is 11.3 Å². The number of Topliss-reactive ketones (excluding diaryl/α,β-unsaturated/α-hetero) is 1. The number of thiophene rings is 1. The molecule has 14 heavy (non-hydrogen) atoms. The zero-order chi connectivity index (χ0) is 10.1. The van der Waals surface area contributed by atoms with Crippen LogP contribution in [-0.4, -0.2) is 11.7 Å². The molecule has 0 spiro atoms. The minimum atomic E-state index is -0.0870. The van der Waals surface area contributed by atoms with Gasteiger partial charge in [-0.05, 0) is 18.9 Å². The van der Waals surface area contributed by atoms with Crippen molar-refractivity contribution in [3.05, 3.63) is 16.5 Å². The SMILES string of the molecule is CC(=O)Nc1cc2c(s1)CCCC2=O. The lowest BCUT2D eigenvalue weighted by Gasteiger charge is -2.07. The number of carbonyl (C=O) groups excluding carboxylic acids is 2. The van der Waals surface area contributed by atoms with Crippen molar-refractivity contribution < 1.29 is 9.59 Å². The summed E-state index contributed by atoms with van der Waals surface area (Å²) in [7, 11) is 0. The Labute approximate surface area is 86.1 Å². The topological polar surface area (TPSA) is 46.2 Å². The van der Waals surface area contributed by atoms with Gasteiger partial charge in [-0.2, -0.15) is 0 Å². The van der Waals surface area contributed by atoms with Gasteiger partial charge in [0.1, 0.15) is 0 Å². The number of nitrogens with one attached hydrogen (secondary N) is 1. The molecule has 0 aromatic carbocycles. The average molecular weight is 209 g/mol. The van der Waals surface area contributed by atoms with E-state index in [1.165, 1.54) is 18.3 Å². The van der Waals surface area contributed by atoms with E-state index in [0.717, 1.165) is 28.3 Å². The second-order valence-corrected chi connectivity index (χ2v) is 4.54. The minimum absolute atomic E-state index is 0.0870. The lowest BCUT2D eigenvalue weighted by molar-refractivity contribution is -0.114. The lowest BCUT2D eigenvalue weighted by atomic mass is 9.98. The van der Waals surface area contributed by atoms with Crippen LogP contribution in [0.5, 0.6) is 0 Å². The van der Waals surface area contributed by atoms with Gasteiger partial charge in [0.05, 0.1) is 5.00 Å². The number of aryl methyl sites for hydroxylation is 1. The van der Waals surface area contributed by atoms with E-state index in [9.17, 15) is 9.59 Å². The molecule has 0 bridgehead atoms. The zero-order valence-corrected chi connectivity index (χ0v) is 8.74. The number of carbonyl (C=O) groups is 2. The molecule has 1 aromatic rings. The molecule has 0 saturated carbocycles. The third-order valence-corrected chi connectivity index (χ3v) is 3.33. The van der Waals surface area contributed by atoms with E-state index in [2.05, 4.69) is 5.32 Å². The molecular weight excluding hydrogens is 198 g/mol. The number of hydrogen-bond acceptors (Lipinski definition) is 3. The maximum atomic E-state index is 11.5. The van der Waals surface area contributed by atoms with Crippen LogP contribution in [0.2, 0.25) is 0 Å². The van der Waals surface area contributed by atoms with Gasteiger partial charge < -0.3 is 5.32 Å². The molecule has 0 atom stereocenters. The van der Waals surface area contributed by atoms with Gasteiger partial charge in [-0.3, -0.25) is 9.59 Å². The minimum Gasteiger partial charge on any atom is -0.318 e. The Hall–Kier alpha value is -1.16. The first-order valence-corrected chi connectivity index (χ1v) is 5.42. The molecule has 0 saturated heterocycles. The van der Waals surface area contributed by atoms with Crippen LogP contribution in [0.3, 0.4) is 0 Å². The van der Waals surface area contributed by atoms with Crippen molar-refractivity contribution in [2.24, 2.45) is 0 Å². The number of anilines is 1. The summed E-state index contributed by atoms with van der Waals surface area (Å²) in [5.74, 6) is 0.121. The molecular formula is C10H11NO2S. The smallest absolute Gasteiger partial charge is 0.221 e. The third kappa shape index (κ3) is 1.70. The van der Waals surface area contributed by atoms with Crippen molar-refractivity contribution >= 4 is 28.0 Å². The molecule has 1 aromatic heterocycles. The number of amides is 1. The van der Waals surface area contributed by atoms with E-state index in [4.69, 9.17) is 0 Å². The Morgan fingerprint density at radius 1 is 1.50 bits per heavy atom. The van der Waals surface area contributed by atoms with Crippen LogP contribution >= 0.6 is 11.3 Å². The molecule has 1 aliphatic carbocycles. The monoisotopic (exact) mass is 209 g/mol. The Kier molecular flexibility index (Phi) is 2.37. The van der Waals surface area contributed by atoms with Crippen LogP contribution in [0.1, 0.15) is 35.0 Å². The first-order valence-electron chi connectivity index (χ1n) is 4.60. The maximum Gasteiger partial charge on any atom is 0.221 e. The normalized spacial score (nSPS) is 15.1. The van der Waals surface area contributed by atoms with Crippen LogP contribution in [0.25, 0.3) is 0 Å². The molecule has 0 aliphatic heterocycles. The summed E-state index contributed by atoms with van der Waals surface area (Å²) in [6, 6.07) is 1.79. The summed E-state index contributed by atoms with van der Waals surface area (Å²) in [6.07, 6.45) is 2.54. The lowest BCUT2D eigenvalue weighted by Crippen LogP contribution is -2.07. The molecule has 2 rings (SSSR count). The van der Waals surface area contributed by atoms with E-state index in [1.54, 1.807) is 6.07 Å². The Morgan fingerprint density at radius 2 is 2.29 bits per heavy atom. The van der Waals surface area contributed by atoms with Crippen molar-refractivity contribution in [1.29, 1.82) is 0 Å². The number of hydrogen-bond donors (Lipinski definition) is 1. The van der Waals surface area contributed by atoms with Crippen LogP contribution in [0, 0.1) is 0 Å². The van der Waals surface area contributed by atoms with Crippen molar-refractivity contribution in [1.82, 2.24) is 0 Å². The van der Waals surface area contributed by atoms with Crippen molar-refractivity contribution in [2.45, 2.75) is 26.2 Å². The molecule has 1 N–H and O–H groups in total. The van der Waals surface area contributed by atoms with Crippen LogP contribution in [0.15, 0.2) is 6.07 Å². The number of ketones is 1. The van der Waals surface area contributed by atoms with Gasteiger partial charge in [0.15, 0.2) is 5.78 Å². The van der Waals surface area contributed by atoms with Gasteiger partial charge in [0.2, 0.25) is 5.91 Å². The molecule has 1 amide bonds. The Bertz CT molecular complexity index is 395. The number of fused-ring (bicyclic) bond motifs is 1. The average Bonchev–Trinajstić information content (AvgIpc) is 2.47. The van der Waals surface area contributed by atoms with Gasteiger partial charge in [0.25, 0.3) is 0 Å². The molecule has 4 heteroatoms. The highest BCUT2D eigenvalue weighted by Gasteiger charge is 2.20. The second kappa shape index (κ2) is 3.53. The highest BCUT2D eigenvalue weighted by Crippen LogP contribution is 2.32. The summed E-state index contributed by atoms with van der Waals surface area (Å²) in [6.45, 7) is 1.47.